The zero-order chi connectivity index (χ0) is 22.8. The predicted octanol–water partition coefficient (Wildman–Crippen LogP) is 1.85. The third kappa shape index (κ3) is 5.19. The maximum absolute atomic E-state index is 14.0. The van der Waals surface area contributed by atoms with Crippen LogP contribution in [0.5, 0.6) is 0 Å². The first-order valence-electron chi connectivity index (χ1n) is 8.85. The number of primary amides is 1. The molecule has 1 aromatic heterocycles. The molecule has 1 amide bonds. The first-order chi connectivity index (χ1) is 14.6. The molecule has 0 fully saturated rings. The van der Waals surface area contributed by atoms with E-state index in [2.05, 4.69) is 15.1 Å². The average Bonchev–Trinajstić information content (AvgIpc) is 2.98. The van der Waals surface area contributed by atoms with Gasteiger partial charge in [-0.05, 0) is 17.7 Å². The lowest BCUT2D eigenvalue weighted by Gasteiger charge is -2.33. The Morgan fingerprint density at radius 2 is 1.90 bits per heavy atom. The molecule has 0 spiro atoms. The van der Waals surface area contributed by atoms with Gasteiger partial charge in [-0.2, -0.15) is 0 Å². The quantitative estimate of drug-likeness (QED) is 0.578. The van der Waals surface area contributed by atoms with Crippen LogP contribution in [0.3, 0.4) is 0 Å². The van der Waals surface area contributed by atoms with Crippen LogP contribution < -0.4 is 15.9 Å². The van der Waals surface area contributed by atoms with Crippen LogP contribution in [0.1, 0.15) is 17.3 Å². The van der Waals surface area contributed by atoms with Crippen molar-refractivity contribution in [2.45, 2.75) is 12.5 Å². The van der Waals surface area contributed by atoms with Gasteiger partial charge in [0.25, 0.3) is 6.43 Å². The molecule has 1 aromatic carbocycles. The number of nitrogens with one attached hydrogen (secondary N) is 2. The zero-order valence-corrected chi connectivity index (χ0v) is 17.3. The number of pyridine rings is 1. The first kappa shape index (κ1) is 22.2. The Morgan fingerprint density at radius 3 is 2.42 bits per heavy atom. The molecule has 1 aliphatic rings. The van der Waals surface area contributed by atoms with Crippen LogP contribution in [0, 0.1) is 0 Å². The molecule has 3 rings (SSSR count). The minimum atomic E-state index is -3.51. The fourth-order valence-electron chi connectivity index (χ4n) is 2.99. The monoisotopic (exact) mass is 454 g/mol. The van der Waals surface area contributed by atoms with E-state index in [1.54, 1.807) is 30.3 Å². The van der Waals surface area contributed by atoms with Gasteiger partial charge in [0.15, 0.2) is 0 Å². The summed E-state index contributed by atoms with van der Waals surface area (Å²) in [5.41, 5.74) is 8.74. The van der Waals surface area contributed by atoms with Crippen molar-refractivity contribution in [1.82, 2.24) is 20.5 Å². The summed E-state index contributed by atoms with van der Waals surface area (Å²) in [6, 6.07) is 9.47. The Kier molecular flexibility index (Phi) is 6.27. The fourth-order valence-corrected chi connectivity index (χ4v) is 3.54. The smallest absolute Gasteiger partial charge is 0.390 e. The van der Waals surface area contributed by atoms with Crippen molar-refractivity contribution in [3.05, 3.63) is 65.8 Å². The number of benzene rings is 1. The number of hydrogen-bond donors (Lipinski definition) is 3. The van der Waals surface area contributed by atoms with Gasteiger partial charge in [0.05, 0.1) is 23.8 Å². The summed E-state index contributed by atoms with van der Waals surface area (Å²) in [6.45, 7) is 0. The number of sulfonamides is 1. The molecular weight excluding hydrogens is 434 g/mol. The molecule has 4 N–H and O–H groups in total. The number of amides is 1. The maximum atomic E-state index is 14.0. The van der Waals surface area contributed by atoms with E-state index in [1.165, 1.54) is 30.4 Å². The molecule has 1 atom stereocenters. The molecule has 0 radical (unpaired) electrons. The van der Waals surface area contributed by atoms with Gasteiger partial charge in [-0.1, -0.05) is 30.3 Å². The number of alkyl halides is 2. The Balaban J connectivity index is 1.97. The lowest BCUT2D eigenvalue weighted by molar-refractivity contribution is -0.102. The largest absolute Gasteiger partial charge is 0.411 e. The lowest BCUT2D eigenvalue weighted by atomic mass is 10.1. The molecule has 13 heteroatoms. The number of hydrogen-bond acceptors (Lipinski definition) is 8. The molecule has 1 unspecified atom stereocenters. The number of ether oxygens (including phenoxy) is 1. The standard InChI is InChI=1S/C18H20F2N6O4S/c1-25-17(30-18(21)27)14(13-9-8-12(10-22-13)24-31(2,28)29)23-26(25)15(16(19)20)11-6-4-3-5-7-11/h3-10,15-16,23-24H,1-2H3,(H2,21,27). The Labute approximate surface area is 177 Å². The minimum absolute atomic E-state index is 0.0915. The molecule has 2 aromatic rings. The highest BCUT2D eigenvalue weighted by molar-refractivity contribution is 7.92. The number of carbonyl (C=O) groups is 1. The molecule has 0 aliphatic carbocycles. The summed E-state index contributed by atoms with van der Waals surface area (Å²) in [5.74, 6) is -0.148. The number of anilines is 1. The molecule has 0 bridgehead atoms. The van der Waals surface area contributed by atoms with Crippen molar-refractivity contribution < 1.29 is 26.7 Å². The second-order valence-corrected chi connectivity index (χ2v) is 8.33. The van der Waals surface area contributed by atoms with Crippen LogP contribution in [0.15, 0.2) is 54.5 Å². The van der Waals surface area contributed by atoms with Crippen LogP contribution in [0.25, 0.3) is 5.70 Å². The highest BCUT2D eigenvalue weighted by Gasteiger charge is 2.40. The summed E-state index contributed by atoms with van der Waals surface area (Å²) in [7, 11) is -2.10. The van der Waals surface area contributed by atoms with Crippen molar-refractivity contribution in [1.29, 1.82) is 0 Å². The predicted molar refractivity (Wildman–Crippen MR) is 108 cm³/mol. The molecule has 166 valence electrons. The average molecular weight is 454 g/mol. The van der Waals surface area contributed by atoms with Gasteiger partial charge in [-0.25, -0.2) is 22.0 Å². The van der Waals surface area contributed by atoms with E-state index in [1.807, 2.05) is 0 Å². The third-order valence-electron chi connectivity index (χ3n) is 4.22. The molecule has 10 nitrogen and oxygen atoms in total. The van der Waals surface area contributed by atoms with E-state index < -0.39 is 28.6 Å². The molecule has 0 saturated carbocycles. The number of nitrogens with zero attached hydrogens (tertiary/aromatic N) is 3. The topological polar surface area (TPSA) is 130 Å². The van der Waals surface area contributed by atoms with E-state index in [9.17, 15) is 22.0 Å². The van der Waals surface area contributed by atoms with Crippen molar-refractivity contribution >= 4 is 27.5 Å². The first-order valence-corrected chi connectivity index (χ1v) is 10.7. The van der Waals surface area contributed by atoms with E-state index in [0.29, 0.717) is 5.56 Å². The van der Waals surface area contributed by atoms with Gasteiger partial charge >= 0.3 is 6.09 Å². The van der Waals surface area contributed by atoms with E-state index in [4.69, 9.17) is 10.5 Å². The van der Waals surface area contributed by atoms with Crippen molar-refractivity contribution in [3.8, 4) is 0 Å². The SMILES string of the molecule is CN1C(OC(N)=O)=C(c2ccc(NS(C)(=O)=O)cn2)NN1C(c1ccccc1)C(F)F. The molecule has 31 heavy (non-hydrogen) atoms. The Morgan fingerprint density at radius 1 is 1.23 bits per heavy atom. The van der Waals surface area contributed by atoms with Crippen molar-refractivity contribution in [2.75, 3.05) is 18.0 Å². The number of hydrazine groups is 2. The van der Waals surface area contributed by atoms with Gasteiger partial charge in [-0.15, -0.1) is 5.12 Å². The summed E-state index contributed by atoms with van der Waals surface area (Å²) in [6.07, 6.45) is -1.73. The second-order valence-electron chi connectivity index (χ2n) is 6.58. The number of halogens is 2. The van der Waals surface area contributed by atoms with Gasteiger partial charge in [-0.3, -0.25) is 20.1 Å². The molecular formula is C18H20F2N6O4S. The summed E-state index contributed by atoms with van der Waals surface area (Å²) >= 11 is 0. The van der Waals surface area contributed by atoms with Gasteiger partial charge in [0, 0.05) is 7.05 Å². The zero-order valence-electron chi connectivity index (χ0n) is 16.5. The van der Waals surface area contributed by atoms with Crippen LogP contribution >= 0.6 is 0 Å². The maximum Gasteiger partial charge on any atom is 0.411 e. The Bertz CT molecular complexity index is 1080. The van der Waals surface area contributed by atoms with Crippen LogP contribution in [-0.4, -0.2) is 49.4 Å². The Hall–Kier alpha value is -3.45. The van der Waals surface area contributed by atoms with E-state index in [0.717, 1.165) is 11.4 Å². The van der Waals surface area contributed by atoms with Crippen molar-refractivity contribution in [3.63, 3.8) is 0 Å². The number of carbonyl (C=O) groups excluding carboxylic acids is 1. The second kappa shape index (κ2) is 8.73. The summed E-state index contributed by atoms with van der Waals surface area (Å²) < 4.78 is 58.0. The number of rotatable bonds is 7. The van der Waals surface area contributed by atoms with Crippen molar-refractivity contribution in [2.24, 2.45) is 5.73 Å². The minimum Gasteiger partial charge on any atom is -0.390 e. The number of aromatic nitrogens is 1. The van der Waals surface area contributed by atoms with E-state index >= 15 is 0 Å². The molecule has 0 saturated heterocycles. The van der Waals surface area contributed by atoms with Gasteiger partial charge in [0.2, 0.25) is 15.9 Å². The number of nitrogens with two attached hydrogens (primary N) is 1. The highest BCUT2D eigenvalue weighted by Crippen LogP contribution is 2.35. The third-order valence-corrected chi connectivity index (χ3v) is 4.83. The van der Waals surface area contributed by atoms with Crippen LogP contribution in [-0.2, 0) is 14.8 Å². The summed E-state index contributed by atoms with van der Waals surface area (Å²) in [5, 5.41) is 2.28. The van der Waals surface area contributed by atoms with E-state index in [-0.39, 0.29) is 23.0 Å². The normalized spacial score (nSPS) is 15.7. The highest BCUT2D eigenvalue weighted by atomic mass is 32.2. The molecule has 2 heterocycles. The van der Waals surface area contributed by atoms with Crippen LogP contribution in [0.2, 0.25) is 0 Å². The fraction of sp³-hybridized carbons (Fsp3) is 0.222. The summed E-state index contributed by atoms with van der Waals surface area (Å²) in [4.78, 5) is 15.5. The van der Waals surface area contributed by atoms with Crippen LogP contribution in [0.4, 0.5) is 19.3 Å². The lowest BCUT2D eigenvalue weighted by Crippen LogP contribution is -2.46. The van der Waals surface area contributed by atoms with Gasteiger partial charge < -0.3 is 10.5 Å². The van der Waals surface area contributed by atoms with Gasteiger partial charge in [0.1, 0.15) is 11.7 Å². The molecule has 1 aliphatic heterocycles.